The number of phenolic OH excluding ortho intramolecular Hbond substituents is 1. The normalized spacial score (nSPS) is 16.9. The lowest BCUT2D eigenvalue weighted by Crippen LogP contribution is -2.28. The van der Waals surface area contributed by atoms with Crippen molar-refractivity contribution in [1.29, 1.82) is 0 Å². The Labute approximate surface area is 160 Å². The van der Waals surface area contributed by atoms with E-state index in [0.29, 0.717) is 12.2 Å². The van der Waals surface area contributed by atoms with Crippen LogP contribution in [0.25, 0.3) is 10.2 Å². The Kier molecular flexibility index (Phi) is 4.31. The number of amides is 2. The molecule has 1 aliphatic rings. The molecule has 1 unspecified atom stereocenters. The minimum Gasteiger partial charge on any atom is -0.506 e. The number of hydrogen-bond acceptors (Lipinski definition) is 5. The molecule has 3 aromatic rings. The third kappa shape index (κ3) is 3.38. The number of fused-ring (bicyclic) bond motifs is 1. The lowest BCUT2D eigenvalue weighted by atomic mass is 10.1. The van der Waals surface area contributed by atoms with Crippen molar-refractivity contribution in [3.05, 3.63) is 47.0 Å². The Morgan fingerprint density at radius 3 is 2.89 bits per heavy atom. The van der Waals surface area contributed by atoms with E-state index in [4.69, 9.17) is 0 Å². The van der Waals surface area contributed by atoms with E-state index in [1.165, 1.54) is 0 Å². The highest BCUT2D eigenvalue weighted by molar-refractivity contribution is 7.18. The van der Waals surface area contributed by atoms with Gasteiger partial charge in [0.2, 0.25) is 11.8 Å². The Morgan fingerprint density at radius 1 is 1.26 bits per heavy atom. The molecule has 1 aliphatic heterocycles. The van der Waals surface area contributed by atoms with Gasteiger partial charge in [-0.3, -0.25) is 9.59 Å². The Balaban J connectivity index is 1.52. The molecule has 0 radical (unpaired) electrons. The minimum atomic E-state index is -0.467. The maximum atomic E-state index is 12.6. The van der Waals surface area contributed by atoms with Crippen LogP contribution in [-0.4, -0.2) is 28.4 Å². The largest absolute Gasteiger partial charge is 0.506 e. The number of thiazole rings is 1. The summed E-state index contributed by atoms with van der Waals surface area (Å²) in [5, 5.41) is 13.6. The number of aryl methyl sites for hydroxylation is 2. The summed E-state index contributed by atoms with van der Waals surface area (Å²) < 4.78 is 1.08. The zero-order valence-electron chi connectivity index (χ0n) is 15.0. The van der Waals surface area contributed by atoms with Gasteiger partial charge in [0.25, 0.3) is 0 Å². The molecule has 1 fully saturated rings. The first-order valence-corrected chi connectivity index (χ1v) is 9.50. The lowest BCUT2D eigenvalue weighted by molar-refractivity contribution is -0.122. The number of nitrogens with zero attached hydrogens (tertiary/aromatic N) is 2. The second-order valence-corrected chi connectivity index (χ2v) is 8.03. The molecule has 2 aromatic carbocycles. The molecule has 138 valence electrons. The van der Waals surface area contributed by atoms with Crippen molar-refractivity contribution in [2.45, 2.75) is 20.3 Å². The quantitative estimate of drug-likeness (QED) is 0.679. The molecule has 1 saturated heterocycles. The van der Waals surface area contributed by atoms with Crippen molar-refractivity contribution < 1.29 is 14.7 Å². The van der Waals surface area contributed by atoms with Crippen LogP contribution in [0, 0.1) is 19.8 Å². The molecule has 0 spiro atoms. The number of benzene rings is 2. The zero-order valence-corrected chi connectivity index (χ0v) is 15.8. The fraction of sp³-hybridized carbons (Fsp3) is 0.250. The topological polar surface area (TPSA) is 82.5 Å². The maximum absolute atomic E-state index is 12.6. The van der Waals surface area contributed by atoms with Gasteiger partial charge in [-0.1, -0.05) is 6.07 Å². The first kappa shape index (κ1) is 17.5. The van der Waals surface area contributed by atoms with Crippen LogP contribution in [0.15, 0.2) is 36.4 Å². The molecule has 7 heteroatoms. The Morgan fingerprint density at radius 2 is 2.07 bits per heavy atom. The second-order valence-electron chi connectivity index (χ2n) is 6.80. The average molecular weight is 381 g/mol. The summed E-state index contributed by atoms with van der Waals surface area (Å²) in [6, 6.07) is 10.8. The Hall–Kier alpha value is -2.93. The summed E-state index contributed by atoms with van der Waals surface area (Å²) in [7, 11) is 0. The van der Waals surface area contributed by atoms with Gasteiger partial charge in [0, 0.05) is 18.7 Å². The van der Waals surface area contributed by atoms with Crippen LogP contribution in [0.3, 0.4) is 0 Å². The van der Waals surface area contributed by atoms with Gasteiger partial charge in [0.15, 0.2) is 0 Å². The number of aromatic hydroxyl groups is 1. The molecule has 0 bridgehead atoms. The molecule has 1 atom stereocenters. The predicted octanol–water partition coefficient (Wildman–Crippen LogP) is 3.61. The SMILES string of the molecule is Cc1ccc(O)c(NC(=O)C2CC(=O)N(c3ccc4sc(C)nc4c3)C2)c1. The van der Waals surface area contributed by atoms with Crippen LogP contribution in [0.4, 0.5) is 11.4 Å². The first-order chi connectivity index (χ1) is 12.9. The van der Waals surface area contributed by atoms with Gasteiger partial charge in [-0.05, 0) is 49.7 Å². The molecule has 1 aromatic heterocycles. The zero-order chi connectivity index (χ0) is 19.1. The molecule has 4 rings (SSSR count). The van der Waals surface area contributed by atoms with Crippen molar-refractivity contribution in [2.75, 3.05) is 16.8 Å². The summed E-state index contributed by atoms with van der Waals surface area (Å²) in [4.78, 5) is 31.2. The van der Waals surface area contributed by atoms with Crippen molar-refractivity contribution in [3.8, 4) is 5.75 Å². The third-order valence-corrected chi connectivity index (χ3v) is 5.65. The highest BCUT2D eigenvalue weighted by atomic mass is 32.1. The summed E-state index contributed by atoms with van der Waals surface area (Å²) >= 11 is 1.61. The van der Waals surface area contributed by atoms with Gasteiger partial charge in [-0.25, -0.2) is 4.98 Å². The molecular weight excluding hydrogens is 362 g/mol. The number of rotatable bonds is 3. The van der Waals surface area contributed by atoms with E-state index in [1.807, 2.05) is 32.0 Å². The lowest BCUT2D eigenvalue weighted by Gasteiger charge is -2.17. The van der Waals surface area contributed by atoms with Gasteiger partial charge >= 0.3 is 0 Å². The summed E-state index contributed by atoms with van der Waals surface area (Å²) in [5.74, 6) is -0.808. The van der Waals surface area contributed by atoms with Crippen molar-refractivity contribution in [3.63, 3.8) is 0 Å². The minimum absolute atomic E-state index is 0.0134. The number of hydrogen-bond donors (Lipinski definition) is 2. The van der Waals surface area contributed by atoms with Gasteiger partial charge in [-0.2, -0.15) is 0 Å². The van der Waals surface area contributed by atoms with Crippen molar-refractivity contribution >= 4 is 44.7 Å². The molecule has 2 N–H and O–H groups in total. The smallest absolute Gasteiger partial charge is 0.229 e. The third-order valence-electron chi connectivity index (χ3n) is 4.70. The van der Waals surface area contributed by atoms with Crippen LogP contribution in [0.5, 0.6) is 5.75 Å². The summed E-state index contributed by atoms with van der Waals surface area (Å²) in [6.07, 6.45) is 0.145. The van der Waals surface area contributed by atoms with E-state index in [9.17, 15) is 14.7 Å². The van der Waals surface area contributed by atoms with Gasteiger partial charge in [0.1, 0.15) is 5.75 Å². The average Bonchev–Trinajstić information content (AvgIpc) is 3.19. The highest BCUT2D eigenvalue weighted by Crippen LogP contribution is 2.31. The van der Waals surface area contributed by atoms with Crippen LogP contribution in [0.2, 0.25) is 0 Å². The standard InChI is InChI=1S/C20H19N3O3S/c1-11-3-5-17(24)15(7-11)22-20(26)13-8-19(25)23(10-13)14-4-6-18-16(9-14)21-12(2)27-18/h3-7,9,13,24H,8,10H2,1-2H3,(H,22,26). The molecule has 6 nitrogen and oxygen atoms in total. The monoisotopic (exact) mass is 381 g/mol. The molecule has 2 amide bonds. The van der Waals surface area contributed by atoms with E-state index in [2.05, 4.69) is 10.3 Å². The van der Waals surface area contributed by atoms with E-state index < -0.39 is 5.92 Å². The van der Waals surface area contributed by atoms with Crippen LogP contribution in [-0.2, 0) is 9.59 Å². The molecule has 2 heterocycles. The number of anilines is 2. The van der Waals surface area contributed by atoms with Gasteiger partial charge in [-0.15, -0.1) is 11.3 Å². The number of aromatic nitrogens is 1. The molecular formula is C20H19N3O3S. The second kappa shape index (κ2) is 6.66. The molecule has 0 saturated carbocycles. The summed E-state index contributed by atoms with van der Waals surface area (Å²) in [6.45, 7) is 4.14. The fourth-order valence-electron chi connectivity index (χ4n) is 3.32. The number of carbonyl (C=O) groups excluding carboxylic acids is 2. The highest BCUT2D eigenvalue weighted by Gasteiger charge is 2.35. The number of nitrogens with one attached hydrogen (secondary N) is 1. The summed E-state index contributed by atoms with van der Waals surface area (Å²) in [5.41, 5.74) is 2.91. The van der Waals surface area contributed by atoms with E-state index in [1.54, 1.807) is 34.4 Å². The van der Waals surface area contributed by atoms with E-state index >= 15 is 0 Å². The Bertz CT molecular complexity index is 1060. The predicted molar refractivity (Wildman–Crippen MR) is 106 cm³/mol. The van der Waals surface area contributed by atoms with E-state index in [-0.39, 0.29) is 24.0 Å². The fourth-order valence-corrected chi connectivity index (χ4v) is 4.12. The van der Waals surface area contributed by atoms with Crippen LogP contribution >= 0.6 is 11.3 Å². The maximum Gasteiger partial charge on any atom is 0.229 e. The van der Waals surface area contributed by atoms with Gasteiger partial charge < -0.3 is 15.3 Å². The number of carbonyl (C=O) groups is 2. The number of phenols is 1. The molecule has 27 heavy (non-hydrogen) atoms. The van der Waals surface area contributed by atoms with E-state index in [0.717, 1.165) is 26.5 Å². The first-order valence-electron chi connectivity index (χ1n) is 8.69. The van der Waals surface area contributed by atoms with Crippen molar-refractivity contribution in [1.82, 2.24) is 4.98 Å². The van der Waals surface area contributed by atoms with Crippen molar-refractivity contribution in [2.24, 2.45) is 5.92 Å². The molecule has 0 aliphatic carbocycles. The van der Waals surface area contributed by atoms with Crippen LogP contribution < -0.4 is 10.2 Å². The van der Waals surface area contributed by atoms with Gasteiger partial charge in [0.05, 0.1) is 26.8 Å². The van der Waals surface area contributed by atoms with Crippen LogP contribution in [0.1, 0.15) is 17.0 Å².